The first kappa shape index (κ1) is 29.8. The summed E-state index contributed by atoms with van der Waals surface area (Å²) < 4.78 is 5.56. The van der Waals surface area contributed by atoms with Gasteiger partial charge in [-0.2, -0.15) is 0 Å². The molecular weight excluding hydrogens is 500 g/mol. The van der Waals surface area contributed by atoms with Crippen LogP contribution in [0.4, 0.5) is 0 Å². The van der Waals surface area contributed by atoms with E-state index in [0.717, 1.165) is 22.0 Å². The first-order chi connectivity index (χ1) is 18.7. The second-order valence-corrected chi connectivity index (χ2v) is 10.0. The third-order valence-corrected chi connectivity index (χ3v) is 6.40. The van der Waals surface area contributed by atoms with Crippen LogP contribution in [0, 0.1) is 5.92 Å². The molecule has 1 aromatic heterocycles. The van der Waals surface area contributed by atoms with Gasteiger partial charge >= 0.3 is 5.97 Å². The predicted octanol–water partition coefficient (Wildman–Crippen LogP) is 1.54. The molecule has 0 saturated carbocycles. The molecule has 0 aliphatic rings. The topological polar surface area (TPSA) is 167 Å². The van der Waals surface area contributed by atoms with E-state index >= 15 is 0 Å². The van der Waals surface area contributed by atoms with Gasteiger partial charge < -0.3 is 36.3 Å². The van der Waals surface area contributed by atoms with Crippen LogP contribution in [0.15, 0.2) is 60.8 Å². The van der Waals surface area contributed by atoms with Gasteiger partial charge in [0.05, 0.1) is 0 Å². The van der Waals surface area contributed by atoms with Crippen molar-refractivity contribution >= 4 is 28.7 Å². The predicted molar refractivity (Wildman–Crippen MR) is 147 cm³/mol. The number of H-pyrrole nitrogens is 1. The number of aliphatic hydroxyl groups is 2. The third-order valence-electron chi connectivity index (χ3n) is 6.40. The lowest BCUT2D eigenvalue weighted by molar-refractivity contribution is -0.149. The van der Waals surface area contributed by atoms with Gasteiger partial charge in [0.25, 0.3) is 5.91 Å². The van der Waals surface area contributed by atoms with Crippen molar-refractivity contribution in [3.8, 4) is 0 Å². The Morgan fingerprint density at radius 3 is 2.33 bits per heavy atom. The van der Waals surface area contributed by atoms with E-state index < -0.39 is 42.0 Å². The number of carbonyl (C=O) groups excluding carboxylic acids is 3. The van der Waals surface area contributed by atoms with E-state index in [0.29, 0.717) is 0 Å². The molecule has 39 heavy (non-hydrogen) atoms. The van der Waals surface area contributed by atoms with E-state index in [4.69, 9.17) is 15.6 Å². The molecule has 2 aromatic carbocycles. The van der Waals surface area contributed by atoms with Crippen LogP contribution in [0.2, 0.25) is 0 Å². The number of nitrogens with one attached hydrogen (secondary N) is 3. The highest BCUT2D eigenvalue weighted by atomic mass is 16.5. The van der Waals surface area contributed by atoms with Crippen molar-refractivity contribution in [3.63, 3.8) is 0 Å². The Hall–Kier alpha value is -3.73. The fraction of sp³-hybridized carbons (Fsp3) is 0.414. The zero-order valence-electron chi connectivity index (χ0n) is 22.3. The Kier molecular flexibility index (Phi) is 11.0. The number of hydrogen-bond acceptors (Lipinski definition) is 7. The molecule has 0 aliphatic carbocycles. The smallest absolute Gasteiger partial charge is 0.329 e. The van der Waals surface area contributed by atoms with Crippen molar-refractivity contribution in [1.29, 1.82) is 0 Å². The molecule has 0 unspecified atom stereocenters. The number of para-hydroxylation sites is 1. The Balaban J connectivity index is 1.79. The summed E-state index contributed by atoms with van der Waals surface area (Å²) in [7, 11) is 0. The maximum Gasteiger partial charge on any atom is 0.329 e. The van der Waals surface area contributed by atoms with Crippen LogP contribution in [-0.2, 0) is 32.1 Å². The van der Waals surface area contributed by atoms with Crippen molar-refractivity contribution in [2.75, 3.05) is 6.61 Å². The van der Waals surface area contributed by atoms with Crippen LogP contribution in [0.3, 0.4) is 0 Å². The summed E-state index contributed by atoms with van der Waals surface area (Å²) in [5.41, 5.74) is 8.29. The van der Waals surface area contributed by atoms with Crippen molar-refractivity contribution in [2.24, 2.45) is 11.7 Å². The van der Waals surface area contributed by atoms with Crippen LogP contribution >= 0.6 is 0 Å². The van der Waals surface area contributed by atoms with Gasteiger partial charge in [-0.25, -0.2) is 4.79 Å². The highest BCUT2D eigenvalue weighted by molar-refractivity contribution is 5.92. The second kappa shape index (κ2) is 14.4. The van der Waals surface area contributed by atoms with E-state index in [9.17, 15) is 19.5 Å². The summed E-state index contributed by atoms with van der Waals surface area (Å²) in [6, 6.07) is 13.8. The lowest BCUT2D eigenvalue weighted by atomic mass is 10.00. The minimum atomic E-state index is -1.60. The number of fused-ring (bicyclic) bond motifs is 1. The molecule has 0 saturated heterocycles. The Labute approximate surface area is 227 Å². The van der Waals surface area contributed by atoms with Crippen LogP contribution in [0.5, 0.6) is 0 Å². The van der Waals surface area contributed by atoms with Gasteiger partial charge in [0.15, 0.2) is 0 Å². The fourth-order valence-electron chi connectivity index (χ4n) is 4.28. The summed E-state index contributed by atoms with van der Waals surface area (Å²) in [6.07, 6.45) is 0.641. The van der Waals surface area contributed by atoms with Gasteiger partial charge in [-0.3, -0.25) is 9.59 Å². The van der Waals surface area contributed by atoms with E-state index in [2.05, 4.69) is 15.6 Å². The molecule has 0 spiro atoms. The number of rotatable bonds is 14. The molecular formula is C29H38N4O6. The molecule has 2 amide bonds. The van der Waals surface area contributed by atoms with E-state index in [1.165, 1.54) is 0 Å². The molecule has 10 heteroatoms. The number of aromatic amines is 1. The second-order valence-electron chi connectivity index (χ2n) is 10.0. The Morgan fingerprint density at radius 2 is 1.64 bits per heavy atom. The summed E-state index contributed by atoms with van der Waals surface area (Å²) >= 11 is 0. The van der Waals surface area contributed by atoms with Gasteiger partial charge in [0, 0.05) is 36.2 Å². The molecule has 0 aliphatic heterocycles. The summed E-state index contributed by atoms with van der Waals surface area (Å²) in [4.78, 5) is 42.5. The number of benzene rings is 2. The van der Waals surface area contributed by atoms with E-state index in [-0.39, 0.29) is 38.4 Å². The van der Waals surface area contributed by atoms with E-state index in [1.54, 1.807) is 6.20 Å². The molecule has 210 valence electrons. The molecule has 7 N–H and O–H groups in total. The van der Waals surface area contributed by atoms with Crippen LogP contribution in [0.1, 0.15) is 37.8 Å². The number of ether oxygens (including phenoxy) is 1. The summed E-state index contributed by atoms with van der Waals surface area (Å²) in [5.74, 6) is -2.00. The average Bonchev–Trinajstić information content (AvgIpc) is 3.33. The lowest BCUT2D eigenvalue weighted by Gasteiger charge is -2.25. The number of hydrogen-bond donors (Lipinski definition) is 6. The maximum atomic E-state index is 13.4. The normalized spacial score (nSPS) is 14.4. The number of carbonyl (C=O) groups is 3. The zero-order valence-corrected chi connectivity index (χ0v) is 22.3. The van der Waals surface area contributed by atoms with Crippen LogP contribution in [-0.4, -0.2) is 63.8 Å². The standard InChI is InChI=1S/C29H38N4O6/c1-18(2)14-24(32-28(37)26(35)22(30)12-13-34)27(36)33-25(29(38)39-17-19-8-4-3-5-9-19)15-20-16-31-23-11-7-6-10-21(20)23/h3-11,16,18,22,24-26,31,34-35H,12-15,17,30H2,1-2H3,(H,32,37)(H,33,36)/t22-,24+,25+,26+/m1/s1. The molecule has 0 fully saturated rings. The van der Waals surface area contributed by atoms with Crippen LogP contribution in [0.25, 0.3) is 10.9 Å². The Bertz CT molecular complexity index is 1230. The first-order valence-corrected chi connectivity index (χ1v) is 13.1. The third kappa shape index (κ3) is 8.64. The van der Waals surface area contributed by atoms with Crippen LogP contribution < -0.4 is 16.4 Å². The summed E-state index contributed by atoms with van der Waals surface area (Å²) in [6.45, 7) is 3.53. The minimum Gasteiger partial charge on any atom is -0.459 e. The quantitative estimate of drug-likeness (QED) is 0.169. The van der Waals surface area contributed by atoms with Crippen molar-refractivity contribution < 1.29 is 29.3 Å². The monoisotopic (exact) mass is 538 g/mol. The molecule has 3 aromatic rings. The number of esters is 1. The van der Waals surface area contributed by atoms with Gasteiger partial charge in [-0.15, -0.1) is 0 Å². The molecule has 4 atom stereocenters. The molecule has 0 bridgehead atoms. The fourth-order valence-corrected chi connectivity index (χ4v) is 4.28. The first-order valence-electron chi connectivity index (χ1n) is 13.1. The van der Waals surface area contributed by atoms with Gasteiger partial charge in [-0.05, 0) is 36.0 Å². The minimum absolute atomic E-state index is 0.0152. The zero-order chi connectivity index (χ0) is 28.4. The van der Waals surface area contributed by atoms with Gasteiger partial charge in [0.2, 0.25) is 5.91 Å². The molecule has 10 nitrogen and oxygen atoms in total. The SMILES string of the molecule is CC(C)C[C@H](NC(=O)[C@@H](O)[C@H](N)CCO)C(=O)N[C@@H](Cc1c[nH]c2ccccc12)C(=O)OCc1ccccc1. The number of aromatic nitrogens is 1. The number of nitrogens with two attached hydrogens (primary N) is 1. The molecule has 1 heterocycles. The largest absolute Gasteiger partial charge is 0.459 e. The highest BCUT2D eigenvalue weighted by Crippen LogP contribution is 2.20. The number of amides is 2. The van der Waals surface area contributed by atoms with E-state index in [1.807, 2.05) is 68.4 Å². The average molecular weight is 539 g/mol. The van der Waals surface area contributed by atoms with Crippen molar-refractivity contribution in [2.45, 2.75) is 63.9 Å². The van der Waals surface area contributed by atoms with Crippen molar-refractivity contribution in [1.82, 2.24) is 15.6 Å². The summed E-state index contributed by atoms with van der Waals surface area (Å²) in [5, 5.41) is 25.5. The van der Waals surface area contributed by atoms with Crippen molar-refractivity contribution in [3.05, 3.63) is 71.9 Å². The lowest BCUT2D eigenvalue weighted by Crippen LogP contribution is -2.56. The maximum absolute atomic E-state index is 13.4. The van der Waals surface area contributed by atoms with Gasteiger partial charge in [0.1, 0.15) is 24.8 Å². The van der Waals surface area contributed by atoms with Gasteiger partial charge in [-0.1, -0.05) is 62.4 Å². The Morgan fingerprint density at radius 1 is 0.974 bits per heavy atom. The molecule has 3 rings (SSSR count). The molecule has 0 radical (unpaired) electrons. The highest BCUT2D eigenvalue weighted by Gasteiger charge is 2.31. The number of aliphatic hydroxyl groups excluding tert-OH is 2.